The summed E-state index contributed by atoms with van der Waals surface area (Å²) in [6.45, 7) is 5.16. The van der Waals surface area contributed by atoms with E-state index in [0.717, 1.165) is 23.7 Å². The first-order chi connectivity index (χ1) is 9.13. The zero-order valence-corrected chi connectivity index (χ0v) is 12.6. The molecule has 0 aromatic rings. The van der Waals surface area contributed by atoms with Crippen LogP contribution >= 0.6 is 0 Å². The van der Waals surface area contributed by atoms with Crippen molar-refractivity contribution in [3.05, 3.63) is 24.3 Å². The van der Waals surface area contributed by atoms with Crippen LogP contribution in [0.4, 0.5) is 0 Å². The van der Waals surface area contributed by atoms with E-state index in [4.69, 9.17) is 0 Å². The SMILES string of the molecule is C[C@]12CCC=C[C@@H]1CC[C@@H]1[C@@H]2CC[C@]2(C)C=CC[C@@H]12. The monoisotopic (exact) mass is 256 g/mol. The van der Waals surface area contributed by atoms with Crippen LogP contribution in [0.3, 0.4) is 0 Å². The van der Waals surface area contributed by atoms with Crippen LogP contribution in [0.15, 0.2) is 24.3 Å². The summed E-state index contributed by atoms with van der Waals surface area (Å²) in [6, 6.07) is 0. The molecule has 6 atom stereocenters. The van der Waals surface area contributed by atoms with Gasteiger partial charge in [-0.25, -0.2) is 0 Å². The Morgan fingerprint density at radius 1 is 0.947 bits per heavy atom. The lowest BCUT2D eigenvalue weighted by Crippen LogP contribution is -2.51. The maximum atomic E-state index is 2.63. The summed E-state index contributed by atoms with van der Waals surface area (Å²) in [5.41, 5.74) is 1.18. The van der Waals surface area contributed by atoms with Crippen LogP contribution in [0, 0.1) is 34.5 Å². The highest BCUT2D eigenvalue weighted by Gasteiger charge is 2.55. The molecule has 0 bridgehead atoms. The zero-order valence-electron chi connectivity index (χ0n) is 12.6. The van der Waals surface area contributed by atoms with Crippen LogP contribution in [-0.2, 0) is 0 Å². The molecule has 0 saturated heterocycles. The molecular weight excluding hydrogens is 228 g/mol. The van der Waals surface area contributed by atoms with Gasteiger partial charge in [-0.05, 0) is 79.4 Å². The minimum Gasteiger partial charge on any atom is -0.0882 e. The van der Waals surface area contributed by atoms with E-state index >= 15 is 0 Å². The largest absolute Gasteiger partial charge is 0.0882 e. The van der Waals surface area contributed by atoms with E-state index in [0.29, 0.717) is 10.8 Å². The molecule has 2 fully saturated rings. The minimum absolute atomic E-state index is 0.550. The molecular formula is C19H28. The Labute approximate surface area is 118 Å². The third-order valence-corrected chi connectivity index (χ3v) is 7.49. The molecule has 0 aliphatic heterocycles. The summed E-state index contributed by atoms with van der Waals surface area (Å²) in [5.74, 6) is 3.88. The molecule has 0 spiro atoms. The fourth-order valence-electron chi connectivity index (χ4n) is 6.31. The number of fused-ring (bicyclic) bond motifs is 5. The predicted octanol–water partition coefficient (Wildman–Crippen LogP) is 5.36. The van der Waals surface area contributed by atoms with Crippen LogP contribution in [-0.4, -0.2) is 0 Å². The summed E-state index contributed by atoms with van der Waals surface area (Å²) in [6.07, 6.45) is 20.1. The molecule has 104 valence electrons. The molecule has 0 N–H and O–H groups in total. The maximum absolute atomic E-state index is 2.63. The van der Waals surface area contributed by atoms with Crippen LogP contribution < -0.4 is 0 Å². The van der Waals surface area contributed by atoms with Crippen molar-refractivity contribution >= 4 is 0 Å². The molecule has 0 aromatic carbocycles. The average Bonchev–Trinajstić information content (AvgIpc) is 2.79. The van der Waals surface area contributed by atoms with Gasteiger partial charge in [0, 0.05) is 0 Å². The molecule has 4 rings (SSSR count). The zero-order chi connectivity index (χ0) is 13.1. The molecule has 4 aliphatic carbocycles. The highest BCUT2D eigenvalue weighted by atomic mass is 14.6. The van der Waals surface area contributed by atoms with E-state index in [1.807, 2.05) is 0 Å². The highest BCUT2D eigenvalue weighted by molar-refractivity contribution is 5.17. The van der Waals surface area contributed by atoms with Crippen molar-refractivity contribution in [3.63, 3.8) is 0 Å². The van der Waals surface area contributed by atoms with Crippen LogP contribution in [0.2, 0.25) is 0 Å². The normalized spacial score (nSPS) is 55.5. The second kappa shape index (κ2) is 3.99. The standard InChI is InChI=1S/C19H28/c1-18-11-5-7-16(18)15-9-8-14-6-3-4-12-19(14,2)17(15)10-13-18/h3,5-6,11,14-17H,4,7-10,12-13H2,1-2H3/t14-,15+,16+,17+,18+,19+/m1/s1. The Balaban J connectivity index is 1.67. The predicted molar refractivity (Wildman–Crippen MR) is 80.8 cm³/mol. The number of rotatable bonds is 0. The first-order valence-electron chi connectivity index (χ1n) is 8.48. The fraction of sp³-hybridized carbons (Fsp3) is 0.789. The minimum atomic E-state index is 0.550. The van der Waals surface area contributed by atoms with Gasteiger partial charge >= 0.3 is 0 Å². The summed E-state index contributed by atoms with van der Waals surface area (Å²) in [7, 11) is 0. The molecule has 4 aliphatic rings. The smallest absolute Gasteiger partial charge is 0.0112 e. The Morgan fingerprint density at radius 3 is 2.74 bits per heavy atom. The van der Waals surface area contributed by atoms with Crippen molar-refractivity contribution in [1.29, 1.82) is 0 Å². The molecule has 0 nitrogen and oxygen atoms in total. The molecule has 0 amide bonds. The molecule has 0 heterocycles. The second-order valence-corrected chi connectivity index (χ2v) is 8.22. The van der Waals surface area contributed by atoms with Gasteiger partial charge in [-0.15, -0.1) is 0 Å². The van der Waals surface area contributed by atoms with Crippen molar-refractivity contribution < 1.29 is 0 Å². The molecule has 0 radical (unpaired) electrons. The van der Waals surface area contributed by atoms with Gasteiger partial charge in [-0.1, -0.05) is 38.2 Å². The Morgan fingerprint density at radius 2 is 1.84 bits per heavy atom. The quantitative estimate of drug-likeness (QED) is 0.512. The van der Waals surface area contributed by atoms with Gasteiger partial charge in [0.25, 0.3) is 0 Å². The molecule has 0 aromatic heterocycles. The Kier molecular flexibility index (Phi) is 2.57. The van der Waals surface area contributed by atoms with Gasteiger partial charge in [-0.3, -0.25) is 0 Å². The van der Waals surface area contributed by atoms with Crippen LogP contribution in [0.5, 0.6) is 0 Å². The maximum Gasteiger partial charge on any atom is -0.0112 e. The third-order valence-electron chi connectivity index (χ3n) is 7.49. The van der Waals surface area contributed by atoms with Crippen molar-refractivity contribution in [2.75, 3.05) is 0 Å². The molecule has 19 heavy (non-hydrogen) atoms. The lowest BCUT2D eigenvalue weighted by Gasteiger charge is -2.58. The van der Waals surface area contributed by atoms with Crippen molar-refractivity contribution in [3.8, 4) is 0 Å². The average molecular weight is 256 g/mol. The second-order valence-electron chi connectivity index (χ2n) is 8.22. The van der Waals surface area contributed by atoms with Gasteiger partial charge in [0.1, 0.15) is 0 Å². The van der Waals surface area contributed by atoms with E-state index in [2.05, 4.69) is 38.2 Å². The summed E-state index contributed by atoms with van der Waals surface area (Å²) in [5, 5.41) is 0. The Hall–Kier alpha value is -0.520. The molecule has 0 heteroatoms. The van der Waals surface area contributed by atoms with E-state index < -0.39 is 0 Å². The van der Waals surface area contributed by atoms with Gasteiger partial charge in [-0.2, -0.15) is 0 Å². The number of hydrogen-bond donors (Lipinski definition) is 0. The molecule has 2 saturated carbocycles. The van der Waals surface area contributed by atoms with E-state index in [1.165, 1.54) is 44.9 Å². The number of hydrogen-bond acceptors (Lipinski definition) is 0. The highest BCUT2D eigenvalue weighted by Crippen LogP contribution is 2.64. The Bertz CT molecular complexity index is 431. The fourth-order valence-corrected chi connectivity index (χ4v) is 6.31. The molecule has 0 unspecified atom stereocenters. The number of allylic oxidation sites excluding steroid dienone is 4. The summed E-state index contributed by atoms with van der Waals surface area (Å²) < 4.78 is 0. The lowest BCUT2D eigenvalue weighted by molar-refractivity contribution is -0.0735. The van der Waals surface area contributed by atoms with Crippen molar-refractivity contribution in [2.24, 2.45) is 34.5 Å². The van der Waals surface area contributed by atoms with E-state index in [1.54, 1.807) is 0 Å². The van der Waals surface area contributed by atoms with E-state index in [-0.39, 0.29) is 0 Å². The summed E-state index contributed by atoms with van der Waals surface area (Å²) >= 11 is 0. The lowest BCUT2D eigenvalue weighted by atomic mass is 9.46. The first kappa shape index (κ1) is 12.2. The van der Waals surface area contributed by atoms with Gasteiger partial charge < -0.3 is 0 Å². The van der Waals surface area contributed by atoms with Gasteiger partial charge in [0.15, 0.2) is 0 Å². The summed E-state index contributed by atoms with van der Waals surface area (Å²) in [4.78, 5) is 0. The van der Waals surface area contributed by atoms with Crippen molar-refractivity contribution in [2.45, 2.75) is 58.8 Å². The van der Waals surface area contributed by atoms with E-state index in [9.17, 15) is 0 Å². The third kappa shape index (κ3) is 1.58. The topological polar surface area (TPSA) is 0 Å². The van der Waals surface area contributed by atoms with Gasteiger partial charge in [0.2, 0.25) is 0 Å². The van der Waals surface area contributed by atoms with Gasteiger partial charge in [0.05, 0.1) is 0 Å². The van der Waals surface area contributed by atoms with Crippen LogP contribution in [0.25, 0.3) is 0 Å². The van der Waals surface area contributed by atoms with Crippen LogP contribution in [0.1, 0.15) is 58.8 Å². The first-order valence-corrected chi connectivity index (χ1v) is 8.48. The van der Waals surface area contributed by atoms with Crippen molar-refractivity contribution in [1.82, 2.24) is 0 Å².